The molecule has 108 valence electrons. The Morgan fingerprint density at radius 1 is 1.10 bits per heavy atom. The number of rotatable bonds is 4. The Morgan fingerprint density at radius 3 is 2.30 bits per heavy atom. The van der Waals surface area contributed by atoms with Crippen molar-refractivity contribution in [3.63, 3.8) is 0 Å². The average Bonchev–Trinajstić information content (AvgIpc) is 2.39. The van der Waals surface area contributed by atoms with Crippen LogP contribution in [0.2, 0.25) is 0 Å². The van der Waals surface area contributed by atoms with Gasteiger partial charge in [0, 0.05) is 6.54 Å². The summed E-state index contributed by atoms with van der Waals surface area (Å²) in [5.41, 5.74) is 7.06. The lowest BCUT2D eigenvalue weighted by atomic mass is 9.49. The monoisotopic (exact) mass is 271 g/mol. The third kappa shape index (κ3) is 2.27. The number of nitrogens with zero attached hydrogens (tertiary/aromatic N) is 1. The summed E-state index contributed by atoms with van der Waals surface area (Å²) in [6.07, 6.45) is 12.1. The Morgan fingerprint density at radius 2 is 1.75 bits per heavy atom. The quantitative estimate of drug-likeness (QED) is 0.878. The van der Waals surface area contributed by atoms with Crippen LogP contribution in [0.3, 0.4) is 0 Å². The summed E-state index contributed by atoms with van der Waals surface area (Å²) in [6.45, 7) is 1.06. The van der Waals surface area contributed by atoms with Gasteiger partial charge in [-0.3, -0.25) is 0 Å². The van der Waals surface area contributed by atoms with E-state index in [0.29, 0.717) is 5.41 Å². The first-order chi connectivity index (χ1) is 9.71. The van der Waals surface area contributed by atoms with Gasteiger partial charge in [0.1, 0.15) is 5.82 Å². The SMILES string of the molecule is Nc1ccc(NCCC23CC4CC(CC(C4)C2)C3)nc1. The van der Waals surface area contributed by atoms with Gasteiger partial charge in [-0.2, -0.15) is 0 Å². The van der Waals surface area contributed by atoms with Gasteiger partial charge in [-0.1, -0.05) is 0 Å². The molecule has 0 aliphatic heterocycles. The molecule has 4 saturated carbocycles. The van der Waals surface area contributed by atoms with Crippen molar-refractivity contribution in [2.75, 3.05) is 17.6 Å². The van der Waals surface area contributed by atoms with Crippen LogP contribution in [0.4, 0.5) is 11.5 Å². The Bertz CT molecular complexity index is 444. The van der Waals surface area contributed by atoms with Crippen LogP contribution in [0, 0.1) is 23.2 Å². The maximum absolute atomic E-state index is 5.67. The van der Waals surface area contributed by atoms with E-state index in [1.807, 2.05) is 12.1 Å². The van der Waals surface area contributed by atoms with Crippen molar-refractivity contribution in [2.24, 2.45) is 23.2 Å². The van der Waals surface area contributed by atoms with Crippen LogP contribution in [0.25, 0.3) is 0 Å². The first-order valence-electron chi connectivity index (χ1n) is 8.16. The van der Waals surface area contributed by atoms with Crippen LogP contribution in [0.15, 0.2) is 18.3 Å². The summed E-state index contributed by atoms with van der Waals surface area (Å²) < 4.78 is 0. The Balaban J connectivity index is 1.36. The van der Waals surface area contributed by atoms with Crippen LogP contribution < -0.4 is 11.1 Å². The molecule has 0 aromatic carbocycles. The standard InChI is InChI=1S/C17H25N3/c18-15-1-2-16(20-11-15)19-4-3-17-8-12-5-13(9-17)7-14(6-12)10-17/h1-2,11-14H,3-10,18H2,(H,19,20). The fourth-order valence-corrected chi connectivity index (χ4v) is 5.56. The molecule has 0 radical (unpaired) electrons. The number of pyridine rings is 1. The molecule has 0 unspecified atom stereocenters. The highest BCUT2D eigenvalue weighted by molar-refractivity contribution is 5.43. The lowest BCUT2D eigenvalue weighted by Crippen LogP contribution is -2.46. The summed E-state index contributed by atoms with van der Waals surface area (Å²) in [6, 6.07) is 3.90. The van der Waals surface area contributed by atoms with Gasteiger partial charge >= 0.3 is 0 Å². The average molecular weight is 271 g/mol. The van der Waals surface area contributed by atoms with E-state index in [4.69, 9.17) is 5.73 Å². The van der Waals surface area contributed by atoms with Crippen LogP contribution in [0.5, 0.6) is 0 Å². The number of aromatic nitrogens is 1. The molecule has 1 heterocycles. The molecule has 1 aromatic rings. The number of nitrogens with one attached hydrogen (secondary N) is 1. The fourth-order valence-electron chi connectivity index (χ4n) is 5.56. The van der Waals surface area contributed by atoms with E-state index in [2.05, 4.69) is 10.3 Å². The molecular weight excluding hydrogens is 246 g/mol. The zero-order chi connectivity index (χ0) is 13.6. The highest BCUT2D eigenvalue weighted by Gasteiger charge is 2.50. The van der Waals surface area contributed by atoms with Crippen molar-refractivity contribution in [2.45, 2.75) is 44.9 Å². The maximum Gasteiger partial charge on any atom is 0.126 e. The molecule has 0 amide bonds. The smallest absolute Gasteiger partial charge is 0.126 e. The van der Waals surface area contributed by atoms with Gasteiger partial charge in [0.05, 0.1) is 11.9 Å². The molecule has 0 atom stereocenters. The van der Waals surface area contributed by atoms with Gasteiger partial charge in [0.25, 0.3) is 0 Å². The third-order valence-corrected chi connectivity index (χ3v) is 5.91. The van der Waals surface area contributed by atoms with Gasteiger partial charge in [0.2, 0.25) is 0 Å². The number of hydrogen-bond donors (Lipinski definition) is 2. The summed E-state index contributed by atoms with van der Waals surface area (Å²) in [4.78, 5) is 4.33. The van der Waals surface area contributed by atoms with E-state index < -0.39 is 0 Å². The molecule has 0 saturated heterocycles. The lowest BCUT2D eigenvalue weighted by molar-refractivity contribution is -0.0552. The minimum Gasteiger partial charge on any atom is -0.397 e. The molecule has 1 aromatic heterocycles. The van der Waals surface area contributed by atoms with Gasteiger partial charge < -0.3 is 11.1 Å². The molecule has 20 heavy (non-hydrogen) atoms. The number of hydrogen-bond acceptors (Lipinski definition) is 3. The first kappa shape index (κ1) is 12.5. The minimum absolute atomic E-state index is 0.662. The molecule has 3 N–H and O–H groups in total. The zero-order valence-corrected chi connectivity index (χ0v) is 12.1. The van der Waals surface area contributed by atoms with Crippen LogP contribution in [0.1, 0.15) is 44.9 Å². The molecule has 4 aliphatic carbocycles. The van der Waals surface area contributed by atoms with Crippen molar-refractivity contribution in [3.8, 4) is 0 Å². The van der Waals surface area contributed by atoms with Crippen molar-refractivity contribution in [1.82, 2.24) is 4.98 Å². The summed E-state index contributed by atoms with van der Waals surface area (Å²) in [5.74, 6) is 4.12. The Labute approximate surface area is 121 Å². The van der Waals surface area contributed by atoms with Crippen molar-refractivity contribution in [3.05, 3.63) is 18.3 Å². The fraction of sp³-hybridized carbons (Fsp3) is 0.706. The van der Waals surface area contributed by atoms with E-state index in [9.17, 15) is 0 Å². The second-order valence-electron chi connectivity index (χ2n) is 7.57. The molecule has 4 aliphatic rings. The van der Waals surface area contributed by atoms with Crippen LogP contribution in [-0.2, 0) is 0 Å². The number of nitrogen functional groups attached to an aromatic ring is 1. The molecule has 5 rings (SSSR count). The molecule has 3 nitrogen and oxygen atoms in total. The molecular formula is C17H25N3. The van der Waals surface area contributed by atoms with Gasteiger partial charge in [0.15, 0.2) is 0 Å². The van der Waals surface area contributed by atoms with E-state index in [1.54, 1.807) is 6.20 Å². The van der Waals surface area contributed by atoms with Gasteiger partial charge in [-0.15, -0.1) is 0 Å². The predicted molar refractivity (Wildman–Crippen MR) is 82.4 cm³/mol. The summed E-state index contributed by atoms with van der Waals surface area (Å²) >= 11 is 0. The Hall–Kier alpha value is -1.25. The second-order valence-corrected chi connectivity index (χ2v) is 7.57. The third-order valence-electron chi connectivity index (χ3n) is 5.91. The van der Waals surface area contributed by atoms with Gasteiger partial charge in [-0.25, -0.2) is 4.98 Å². The van der Waals surface area contributed by atoms with E-state index in [0.717, 1.165) is 35.8 Å². The minimum atomic E-state index is 0.662. The summed E-state index contributed by atoms with van der Waals surface area (Å²) in [7, 11) is 0. The predicted octanol–water partition coefficient (Wildman–Crippen LogP) is 3.68. The molecule has 4 fully saturated rings. The van der Waals surface area contributed by atoms with E-state index >= 15 is 0 Å². The second kappa shape index (κ2) is 4.64. The highest BCUT2D eigenvalue weighted by Crippen LogP contribution is 2.61. The molecule has 3 heteroatoms. The highest BCUT2D eigenvalue weighted by atomic mass is 15.0. The van der Waals surface area contributed by atoms with E-state index in [-0.39, 0.29) is 0 Å². The number of anilines is 2. The lowest BCUT2D eigenvalue weighted by Gasteiger charge is -2.57. The van der Waals surface area contributed by atoms with Crippen LogP contribution in [-0.4, -0.2) is 11.5 Å². The largest absolute Gasteiger partial charge is 0.397 e. The molecule has 4 bridgehead atoms. The van der Waals surface area contributed by atoms with Crippen LogP contribution >= 0.6 is 0 Å². The Kier molecular flexibility index (Phi) is 2.90. The zero-order valence-electron chi connectivity index (χ0n) is 12.1. The van der Waals surface area contributed by atoms with E-state index in [1.165, 1.54) is 44.9 Å². The summed E-state index contributed by atoms with van der Waals surface area (Å²) in [5, 5.41) is 3.48. The first-order valence-corrected chi connectivity index (χ1v) is 8.16. The van der Waals surface area contributed by atoms with Crippen molar-refractivity contribution >= 4 is 11.5 Å². The molecule has 0 spiro atoms. The van der Waals surface area contributed by atoms with Gasteiger partial charge in [-0.05, 0) is 80.2 Å². The van der Waals surface area contributed by atoms with Crippen molar-refractivity contribution < 1.29 is 0 Å². The topological polar surface area (TPSA) is 50.9 Å². The normalized spacial score (nSPS) is 38.1. The van der Waals surface area contributed by atoms with Crippen molar-refractivity contribution in [1.29, 1.82) is 0 Å². The number of nitrogens with two attached hydrogens (primary N) is 1. The maximum atomic E-state index is 5.67.